The molecule has 2 aliphatic rings. The van der Waals surface area contributed by atoms with Crippen molar-refractivity contribution in [2.45, 2.75) is 6.42 Å². The summed E-state index contributed by atoms with van der Waals surface area (Å²) < 4.78 is 29.7. The number of hydrogen-bond acceptors (Lipinski definition) is 6. The zero-order valence-electron chi connectivity index (χ0n) is 5.35. The third kappa shape index (κ3) is 0.997. The topological polar surface area (TPSA) is 82.9 Å². The standard InChI is InChI=1S/C3H5N3O4S/c4-3-1-2-5-6(3)10-11(7,8)9-5/h4H,1-2H2. The van der Waals surface area contributed by atoms with Gasteiger partial charge in [-0.15, -0.1) is 13.7 Å². The lowest BCUT2D eigenvalue weighted by Crippen LogP contribution is -2.29. The van der Waals surface area contributed by atoms with E-state index in [9.17, 15) is 8.42 Å². The average molecular weight is 179 g/mol. The highest BCUT2D eigenvalue weighted by molar-refractivity contribution is 7.81. The first-order valence-electron chi connectivity index (χ1n) is 2.88. The van der Waals surface area contributed by atoms with Gasteiger partial charge in [-0.25, -0.2) is 0 Å². The van der Waals surface area contributed by atoms with Gasteiger partial charge in [0.15, 0.2) is 0 Å². The Hall–Kier alpha value is -0.700. The molecule has 8 heteroatoms. The van der Waals surface area contributed by atoms with Gasteiger partial charge in [-0.1, -0.05) is 5.17 Å². The summed E-state index contributed by atoms with van der Waals surface area (Å²) in [7, 11) is -3.93. The van der Waals surface area contributed by atoms with E-state index in [0.717, 1.165) is 10.3 Å². The van der Waals surface area contributed by atoms with Gasteiger partial charge in [-0.2, -0.15) is 8.42 Å². The van der Waals surface area contributed by atoms with Crippen molar-refractivity contribution < 1.29 is 17.0 Å². The molecule has 2 rings (SSSR count). The van der Waals surface area contributed by atoms with Crippen LogP contribution in [0.4, 0.5) is 0 Å². The van der Waals surface area contributed by atoms with Crippen molar-refractivity contribution >= 4 is 16.2 Å². The average Bonchev–Trinajstić information content (AvgIpc) is 2.31. The molecular weight excluding hydrogens is 174 g/mol. The van der Waals surface area contributed by atoms with Crippen molar-refractivity contribution in [2.75, 3.05) is 6.54 Å². The van der Waals surface area contributed by atoms with E-state index in [1.165, 1.54) is 0 Å². The zero-order valence-corrected chi connectivity index (χ0v) is 6.17. The number of nitrogens with zero attached hydrogens (tertiary/aromatic N) is 2. The van der Waals surface area contributed by atoms with Crippen LogP contribution < -0.4 is 0 Å². The van der Waals surface area contributed by atoms with E-state index in [1.54, 1.807) is 0 Å². The minimum atomic E-state index is -3.93. The Balaban J connectivity index is 2.29. The number of fused-ring (bicyclic) bond motifs is 1. The third-order valence-electron chi connectivity index (χ3n) is 1.31. The molecule has 7 nitrogen and oxygen atoms in total. The second kappa shape index (κ2) is 1.91. The van der Waals surface area contributed by atoms with Gasteiger partial charge >= 0.3 is 10.4 Å². The maximum absolute atomic E-state index is 10.6. The predicted molar refractivity (Wildman–Crippen MR) is 32.0 cm³/mol. The van der Waals surface area contributed by atoms with Crippen LogP contribution >= 0.6 is 0 Å². The van der Waals surface area contributed by atoms with E-state index < -0.39 is 10.4 Å². The Morgan fingerprint density at radius 2 is 2.18 bits per heavy atom. The Kier molecular flexibility index (Phi) is 1.21. The fraction of sp³-hybridized carbons (Fsp3) is 0.667. The van der Waals surface area contributed by atoms with Gasteiger partial charge < -0.3 is 0 Å². The molecule has 2 aliphatic heterocycles. The second-order valence-corrected chi connectivity index (χ2v) is 3.22. The smallest absolute Gasteiger partial charge is 0.285 e. The first-order valence-corrected chi connectivity index (χ1v) is 4.21. The lowest BCUT2D eigenvalue weighted by Gasteiger charge is -2.09. The monoisotopic (exact) mass is 179 g/mol. The number of hydrazine groups is 1. The number of nitrogens with one attached hydrogen (secondary N) is 1. The van der Waals surface area contributed by atoms with Crippen LogP contribution in [0.15, 0.2) is 0 Å². The lowest BCUT2D eigenvalue weighted by molar-refractivity contribution is -0.210. The van der Waals surface area contributed by atoms with Crippen LogP contribution in [0, 0.1) is 5.41 Å². The molecule has 0 unspecified atom stereocenters. The quantitative estimate of drug-likeness (QED) is 0.514. The molecule has 1 N–H and O–H groups in total. The summed E-state index contributed by atoms with van der Waals surface area (Å²) in [4.78, 5) is 0. The number of rotatable bonds is 0. The molecule has 2 fully saturated rings. The molecule has 0 bridgehead atoms. The van der Waals surface area contributed by atoms with Crippen LogP contribution in [-0.2, 0) is 19.0 Å². The summed E-state index contributed by atoms with van der Waals surface area (Å²) in [5, 5.41) is 8.97. The summed E-state index contributed by atoms with van der Waals surface area (Å²) in [6, 6.07) is 0. The van der Waals surface area contributed by atoms with Gasteiger partial charge in [0.05, 0.1) is 6.54 Å². The van der Waals surface area contributed by atoms with Gasteiger partial charge in [-0.3, -0.25) is 5.41 Å². The molecule has 11 heavy (non-hydrogen) atoms. The maximum atomic E-state index is 10.6. The molecule has 0 saturated carbocycles. The first-order chi connectivity index (χ1) is 5.08. The normalized spacial score (nSPS) is 29.5. The van der Waals surface area contributed by atoms with E-state index in [1.807, 2.05) is 0 Å². The van der Waals surface area contributed by atoms with Crippen LogP contribution in [0.3, 0.4) is 0 Å². The lowest BCUT2D eigenvalue weighted by atomic mass is 10.4. The summed E-state index contributed by atoms with van der Waals surface area (Å²) in [5.74, 6) is 0.0751. The van der Waals surface area contributed by atoms with Gasteiger partial charge in [0.2, 0.25) is 0 Å². The van der Waals surface area contributed by atoms with Crippen molar-refractivity contribution in [1.82, 2.24) is 10.3 Å². The molecule has 62 valence electrons. The summed E-state index contributed by atoms with van der Waals surface area (Å²) in [5.41, 5.74) is 0. The van der Waals surface area contributed by atoms with E-state index in [2.05, 4.69) is 8.57 Å². The SMILES string of the molecule is N=C1CCN2OS(=O)(=O)ON12. The Morgan fingerprint density at radius 1 is 1.45 bits per heavy atom. The van der Waals surface area contributed by atoms with Crippen molar-refractivity contribution in [3.63, 3.8) is 0 Å². The van der Waals surface area contributed by atoms with E-state index in [4.69, 9.17) is 5.41 Å². The highest BCUT2D eigenvalue weighted by Gasteiger charge is 2.42. The molecule has 0 aliphatic carbocycles. The van der Waals surface area contributed by atoms with Gasteiger partial charge in [-0.05, 0) is 0 Å². The maximum Gasteiger partial charge on any atom is 0.440 e. The highest BCUT2D eigenvalue weighted by Crippen LogP contribution is 2.23. The molecule has 0 aromatic heterocycles. The van der Waals surface area contributed by atoms with Crippen molar-refractivity contribution in [3.8, 4) is 0 Å². The van der Waals surface area contributed by atoms with Gasteiger partial charge in [0.25, 0.3) is 0 Å². The zero-order chi connectivity index (χ0) is 8.06. The fourth-order valence-corrected chi connectivity index (χ4v) is 1.59. The minimum Gasteiger partial charge on any atom is -0.285 e. The van der Waals surface area contributed by atoms with Crippen LogP contribution in [0.1, 0.15) is 6.42 Å². The van der Waals surface area contributed by atoms with Crippen molar-refractivity contribution in [1.29, 1.82) is 5.41 Å². The Morgan fingerprint density at radius 3 is 2.82 bits per heavy atom. The fourth-order valence-electron chi connectivity index (χ4n) is 0.878. The molecule has 0 radical (unpaired) electrons. The van der Waals surface area contributed by atoms with E-state index >= 15 is 0 Å². The van der Waals surface area contributed by atoms with Gasteiger partial charge in [0.1, 0.15) is 5.84 Å². The molecule has 0 atom stereocenters. The molecule has 2 heterocycles. The molecular formula is C3H5N3O4S. The van der Waals surface area contributed by atoms with E-state index in [-0.39, 0.29) is 5.84 Å². The van der Waals surface area contributed by atoms with Gasteiger partial charge in [0, 0.05) is 6.42 Å². The van der Waals surface area contributed by atoms with Crippen LogP contribution in [0.2, 0.25) is 0 Å². The van der Waals surface area contributed by atoms with Crippen LogP contribution in [0.5, 0.6) is 0 Å². The summed E-state index contributed by atoms with van der Waals surface area (Å²) in [6.45, 7) is 0.331. The Labute approximate surface area is 62.8 Å². The first kappa shape index (κ1) is 6.98. The summed E-state index contributed by atoms with van der Waals surface area (Å²) in [6.07, 6.45) is 0.426. The Bertz CT molecular complexity index is 298. The van der Waals surface area contributed by atoms with E-state index in [0.29, 0.717) is 13.0 Å². The van der Waals surface area contributed by atoms with Crippen molar-refractivity contribution in [3.05, 3.63) is 0 Å². The molecule has 2 saturated heterocycles. The largest absolute Gasteiger partial charge is 0.440 e. The number of hydroxylamine groups is 2. The third-order valence-corrected chi connectivity index (χ3v) is 1.99. The molecule has 0 spiro atoms. The summed E-state index contributed by atoms with van der Waals surface area (Å²) >= 11 is 0. The molecule has 0 aromatic carbocycles. The second-order valence-electron chi connectivity index (χ2n) is 2.10. The van der Waals surface area contributed by atoms with Crippen LogP contribution in [-0.4, -0.2) is 31.1 Å². The number of hydrogen-bond donors (Lipinski definition) is 1. The highest BCUT2D eigenvalue weighted by atomic mass is 32.3. The molecule has 0 aromatic rings. The van der Waals surface area contributed by atoms with Crippen LogP contribution in [0.25, 0.3) is 0 Å². The minimum absolute atomic E-state index is 0.0751. The predicted octanol–water partition coefficient (Wildman–Crippen LogP) is -0.992. The number of amidine groups is 1. The van der Waals surface area contributed by atoms with Crippen molar-refractivity contribution in [2.24, 2.45) is 0 Å². The molecule has 0 amide bonds.